The second-order valence-electron chi connectivity index (χ2n) is 3.11. The Bertz CT molecular complexity index is 163. The van der Waals surface area contributed by atoms with Crippen LogP contribution in [-0.4, -0.2) is 18.1 Å². The highest BCUT2D eigenvalue weighted by Gasteiger charge is 2.34. The normalized spacial score (nSPS) is 37.2. The Morgan fingerprint density at radius 2 is 2.27 bits per heavy atom. The summed E-state index contributed by atoms with van der Waals surface area (Å²) in [5, 5.41) is 3.25. The van der Waals surface area contributed by atoms with Gasteiger partial charge in [-0.3, -0.25) is 4.79 Å². The Labute approximate surface area is 72.1 Å². The number of hydrogen-bond acceptors (Lipinski definition) is 4. The summed E-state index contributed by atoms with van der Waals surface area (Å²) >= 11 is 3.48. The van der Waals surface area contributed by atoms with Gasteiger partial charge in [0.1, 0.15) is 0 Å². The molecule has 0 aliphatic carbocycles. The van der Waals surface area contributed by atoms with Crippen molar-refractivity contribution in [1.29, 1.82) is 0 Å². The number of carbonyl (C=O) groups is 1. The standard InChI is InChI=1S/C7H13NO2S/c1-4-3-6(5(2)8-4)7(9)10-11/h4-6,8,11H,3H2,1-2H3. The van der Waals surface area contributed by atoms with E-state index in [1.807, 2.05) is 6.92 Å². The molecule has 0 spiro atoms. The lowest BCUT2D eigenvalue weighted by Gasteiger charge is -2.10. The van der Waals surface area contributed by atoms with Crippen molar-refractivity contribution in [1.82, 2.24) is 5.32 Å². The van der Waals surface area contributed by atoms with E-state index in [1.54, 1.807) is 0 Å². The van der Waals surface area contributed by atoms with Crippen LogP contribution in [0.15, 0.2) is 0 Å². The van der Waals surface area contributed by atoms with Crippen molar-refractivity contribution in [3.63, 3.8) is 0 Å². The minimum Gasteiger partial charge on any atom is -0.394 e. The van der Waals surface area contributed by atoms with E-state index in [9.17, 15) is 4.79 Å². The minimum absolute atomic E-state index is 0.0255. The molecule has 0 aromatic heterocycles. The lowest BCUT2D eigenvalue weighted by molar-refractivity contribution is -0.137. The van der Waals surface area contributed by atoms with Crippen LogP contribution in [0, 0.1) is 5.92 Å². The Hall–Kier alpha value is -0.220. The van der Waals surface area contributed by atoms with Crippen LogP contribution in [0.1, 0.15) is 20.3 Å². The van der Waals surface area contributed by atoms with Crippen molar-refractivity contribution in [3.8, 4) is 0 Å². The Morgan fingerprint density at radius 3 is 2.64 bits per heavy atom. The summed E-state index contributed by atoms with van der Waals surface area (Å²) in [5.74, 6) is -0.250. The Morgan fingerprint density at radius 1 is 1.64 bits per heavy atom. The summed E-state index contributed by atoms with van der Waals surface area (Å²) in [6.07, 6.45) is 0.848. The summed E-state index contributed by atoms with van der Waals surface area (Å²) in [6, 6.07) is 0.618. The summed E-state index contributed by atoms with van der Waals surface area (Å²) < 4.78 is 4.37. The second kappa shape index (κ2) is 3.45. The molecule has 0 bridgehead atoms. The lowest BCUT2D eigenvalue weighted by atomic mass is 10.0. The first-order valence-electron chi connectivity index (χ1n) is 3.76. The molecule has 3 nitrogen and oxygen atoms in total. The van der Waals surface area contributed by atoms with E-state index in [0.717, 1.165) is 6.42 Å². The molecular formula is C7H13NO2S. The van der Waals surface area contributed by atoms with E-state index in [4.69, 9.17) is 0 Å². The highest BCUT2D eigenvalue weighted by Crippen LogP contribution is 2.21. The average molecular weight is 175 g/mol. The first kappa shape index (κ1) is 8.87. The molecule has 64 valence electrons. The van der Waals surface area contributed by atoms with Crippen LogP contribution in [0.5, 0.6) is 0 Å². The van der Waals surface area contributed by atoms with Gasteiger partial charge in [0.25, 0.3) is 0 Å². The quantitative estimate of drug-likeness (QED) is 0.456. The minimum atomic E-state index is -0.224. The van der Waals surface area contributed by atoms with Gasteiger partial charge < -0.3 is 9.50 Å². The third kappa shape index (κ3) is 1.87. The number of thiol groups is 1. The van der Waals surface area contributed by atoms with Gasteiger partial charge in [0.15, 0.2) is 0 Å². The van der Waals surface area contributed by atoms with Gasteiger partial charge in [0.05, 0.1) is 5.92 Å². The molecule has 11 heavy (non-hydrogen) atoms. The van der Waals surface area contributed by atoms with Gasteiger partial charge in [-0.2, -0.15) is 0 Å². The third-order valence-electron chi connectivity index (χ3n) is 2.15. The van der Waals surface area contributed by atoms with Gasteiger partial charge in [-0.05, 0) is 20.3 Å². The number of hydrogen-bond donors (Lipinski definition) is 2. The molecule has 1 rings (SSSR count). The molecule has 1 saturated heterocycles. The van der Waals surface area contributed by atoms with E-state index in [2.05, 4.69) is 29.3 Å². The highest BCUT2D eigenvalue weighted by atomic mass is 32.1. The maximum Gasteiger partial charge on any atom is 0.322 e. The molecule has 3 unspecified atom stereocenters. The molecule has 0 aromatic rings. The Balaban J connectivity index is 2.52. The van der Waals surface area contributed by atoms with Crippen LogP contribution >= 0.6 is 12.9 Å². The number of nitrogens with one attached hydrogen (secondary N) is 1. The van der Waals surface area contributed by atoms with Crippen molar-refractivity contribution in [2.45, 2.75) is 32.4 Å². The maximum atomic E-state index is 11.0. The van der Waals surface area contributed by atoms with Crippen LogP contribution in [0.3, 0.4) is 0 Å². The van der Waals surface area contributed by atoms with Crippen molar-refractivity contribution < 1.29 is 8.98 Å². The lowest BCUT2D eigenvalue weighted by Crippen LogP contribution is -2.29. The van der Waals surface area contributed by atoms with Gasteiger partial charge in [-0.25, -0.2) is 0 Å². The van der Waals surface area contributed by atoms with E-state index < -0.39 is 0 Å². The van der Waals surface area contributed by atoms with E-state index >= 15 is 0 Å². The SMILES string of the molecule is CC1CC(C(=O)OS)C(C)N1. The van der Waals surface area contributed by atoms with Gasteiger partial charge in [0.2, 0.25) is 0 Å². The molecule has 4 heteroatoms. The molecule has 1 heterocycles. The first-order chi connectivity index (χ1) is 5.15. The molecule has 1 aliphatic heterocycles. The maximum absolute atomic E-state index is 11.0. The molecule has 3 atom stereocenters. The third-order valence-corrected chi connectivity index (χ3v) is 2.33. The van der Waals surface area contributed by atoms with Crippen molar-refractivity contribution in [3.05, 3.63) is 0 Å². The summed E-state index contributed by atoms with van der Waals surface area (Å²) in [5.41, 5.74) is 0. The average Bonchev–Trinajstić information content (AvgIpc) is 2.28. The van der Waals surface area contributed by atoms with Crippen LogP contribution < -0.4 is 5.32 Å². The fourth-order valence-electron chi connectivity index (χ4n) is 1.59. The van der Waals surface area contributed by atoms with Gasteiger partial charge >= 0.3 is 5.97 Å². The van der Waals surface area contributed by atoms with Gasteiger partial charge in [-0.15, -0.1) is 0 Å². The van der Waals surface area contributed by atoms with Gasteiger partial charge in [0, 0.05) is 25.0 Å². The first-order valence-corrected chi connectivity index (χ1v) is 4.13. The van der Waals surface area contributed by atoms with E-state index in [-0.39, 0.29) is 17.9 Å². The molecule has 0 amide bonds. The number of carbonyl (C=O) groups excluding carboxylic acids is 1. The molecule has 1 N–H and O–H groups in total. The predicted molar refractivity (Wildman–Crippen MR) is 45.2 cm³/mol. The van der Waals surface area contributed by atoms with Crippen molar-refractivity contribution >= 4 is 18.9 Å². The zero-order valence-corrected chi connectivity index (χ0v) is 7.60. The topological polar surface area (TPSA) is 38.3 Å². The monoisotopic (exact) mass is 175 g/mol. The van der Waals surface area contributed by atoms with Crippen molar-refractivity contribution in [2.75, 3.05) is 0 Å². The van der Waals surface area contributed by atoms with Gasteiger partial charge in [-0.1, -0.05) is 0 Å². The zero-order valence-electron chi connectivity index (χ0n) is 6.70. The second-order valence-corrected chi connectivity index (χ2v) is 3.29. The summed E-state index contributed by atoms with van der Waals surface area (Å²) in [4.78, 5) is 11.0. The molecule has 1 aliphatic rings. The van der Waals surface area contributed by atoms with E-state index in [1.165, 1.54) is 0 Å². The van der Waals surface area contributed by atoms with Crippen LogP contribution in [0.25, 0.3) is 0 Å². The molecular weight excluding hydrogens is 162 g/mol. The molecule has 0 radical (unpaired) electrons. The largest absolute Gasteiger partial charge is 0.394 e. The fraction of sp³-hybridized carbons (Fsp3) is 0.857. The van der Waals surface area contributed by atoms with Crippen LogP contribution in [-0.2, 0) is 8.98 Å². The summed E-state index contributed by atoms with van der Waals surface area (Å²) in [7, 11) is 0. The smallest absolute Gasteiger partial charge is 0.322 e. The van der Waals surface area contributed by atoms with Crippen LogP contribution in [0.4, 0.5) is 0 Å². The van der Waals surface area contributed by atoms with E-state index in [0.29, 0.717) is 6.04 Å². The number of rotatable bonds is 1. The zero-order chi connectivity index (χ0) is 8.43. The predicted octanol–water partition coefficient (Wildman–Crippen LogP) is 0.761. The fourth-order valence-corrected chi connectivity index (χ4v) is 1.72. The highest BCUT2D eigenvalue weighted by molar-refractivity contribution is 7.75. The summed E-state index contributed by atoms with van der Waals surface area (Å²) in [6.45, 7) is 4.04. The molecule has 0 aromatic carbocycles. The van der Waals surface area contributed by atoms with Crippen LogP contribution in [0.2, 0.25) is 0 Å². The molecule has 1 fully saturated rings. The molecule has 0 saturated carbocycles. The van der Waals surface area contributed by atoms with Crippen molar-refractivity contribution in [2.24, 2.45) is 5.92 Å². The Kier molecular flexibility index (Phi) is 2.78.